The number of aromatic amines is 1. The van der Waals surface area contributed by atoms with Crippen LogP contribution in [0.4, 0.5) is 14.7 Å². The van der Waals surface area contributed by atoms with Crippen LogP contribution in [0.5, 0.6) is 5.75 Å². The fourth-order valence-corrected chi connectivity index (χ4v) is 4.80. The second kappa shape index (κ2) is 12.1. The summed E-state index contributed by atoms with van der Waals surface area (Å²) >= 11 is 3.55. The van der Waals surface area contributed by atoms with E-state index in [9.17, 15) is 13.0 Å². The lowest BCUT2D eigenvalue weighted by Crippen LogP contribution is -2.14. The molecule has 186 valence electrons. The smallest absolute Gasteiger partial charge is 0.272 e. The van der Waals surface area contributed by atoms with Gasteiger partial charge in [-0.1, -0.05) is 42.8 Å². The van der Waals surface area contributed by atoms with Crippen LogP contribution < -0.4 is 9.46 Å². The third kappa shape index (κ3) is 5.99. The predicted octanol–water partition coefficient (Wildman–Crippen LogP) is 5.85. The highest BCUT2D eigenvalue weighted by Crippen LogP contribution is 2.36. The van der Waals surface area contributed by atoms with Crippen molar-refractivity contribution in [1.82, 2.24) is 24.9 Å². The Balaban J connectivity index is 0.00000167. The molecule has 4 aromatic rings. The van der Waals surface area contributed by atoms with E-state index in [4.69, 9.17) is 4.74 Å². The Morgan fingerprint density at radius 3 is 2.66 bits per heavy atom. The zero-order valence-corrected chi connectivity index (χ0v) is 22.0. The van der Waals surface area contributed by atoms with E-state index in [0.29, 0.717) is 28.4 Å². The van der Waals surface area contributed by atoms with Gasteiger partial charge >= 0.3 is 0 Å². The topological polar surface area (TPSA) is 106 Å². The molecule has 0 bridgehead atoms. The molecule has 0 amide bonds. The second-order valence-corrected chi connectivity index (χ2v) is 8.96. The van der Waals surface area contributed by atoms with Crippen molar-refractivity contribution in [1.29, 1.82) is 0 Å². The number of H-pyrrole nitrogens is 1. The summed E-state index contributed by atoms with van der Waals surface area (Å²) in [5, 5.41) is 0.731. The third-order valence-electron chi connectivity index (χ3n) is 4.76. The molecule has 35 heavy (non-hydrogen) atoms. The first-order valence-corrected chi connectivity index (χ1v) is 12.9. The molecule has 0 aliphatic carbocycles. The monoisotopic (exact) mass is 566 g/mol. The first kappa shape index (κ1) is 26.6. The highest BCUT2D eigenvalue weighted by Gasteiger charge is 2.19. The number of anilines is 1. The van der Waals surface area contributed by atoms with E-state index in [1.807, 2.05) is 32.9 Å². The summed E-state index contributed by atoms with van der Waals surface area (Å²) in [4.78, 5) is 20.7. The van der Waals surface area contributed by atoms with Crippen LogP contribution in [-0.4, -0.2) is 42.2 Å². The Morgan fingerprint density at radius 2 is 2.00 bits per heavy atom. The van der Waals surface area contributed by atoms with Gasteiger partial charge in [-0.15, -0.1) is 0 Å². The normalized spacial score (nSPS) is 11.8. The van der Waals surface area contributed by atoms with Crippen molar-refractivity contribution in [3.8, 4) is 17.0 Å². The van der Waals surface area contributed by atoms with Gasteiger partial charge in [-0.05, 0) is 19.4 Å². The number of rotatable bonds is 8. The second-order valence-electron chi connectivity index (χ2n) is 6.92. The molecule has 12 heteroatoms. The van der Waals surface area contributed by atoms with Gasteiger partial charge in [0.2, 0.25) is 5.95 Å². The van der Waals surface area contributed by atoms with E-state index in [1.54, 1.807) is 31.7 Å². The lowest BCUT2D eigenvalue weighted by Gasteiger charge is -2.14. The van der Waals surface area contributed by atoms with E-state index >= 15 is 0 Å². The molecule has 0 fully saturated rings. The van der Waals surface area contributed by atoms with E-state index in [-0.39, 0.29) is 11.7 Å². The maximum absolute atomic E-state index is 13.2. The Morgan fingerprint density at radius 1 is 1.23 bits per heavy atom. The number of aryl methyl sites for hydroxylation is 2. The number of ether oxygens (including phenoxy) is 1. The van der Waals surface area contributed by atoms with Crippen LogP contribution in [0.25, 0.3) is 22.2 Å². The van der Waals surface area contributed by atoms with Crippen molar-refractivity contribution in [2.45, 2.75) is 45.4 Å². The average molecular weight is 567 g/mol. The third-order valence-corrected chi connectivity index (χ3v) is 6.53. The van der Waals surface area contributed by atoms with Crippen molar-refractivity contribution in [3.63, 3.8) is 0 Å². The molecule has 0 saturated heterocycles. The van der Waals surface area contributed by atoms with Gasteiger partial charge in [0.25, 0.3) is 6.43 Å². The number of benzene rings is 1. The molecule has 3 aromatic heterocycles. The standard InChI is InChI=1S/C21H19BrF2N6O2S.C2H6/c1-3-14-20(32-10-17(23)24)11(2)28-21(29-14)30-33(31)16-9-27-19-12(16)4-5-13(22)18(19)15-8-25-6-7-26-15;1-2/h4-9,17,27H,3,10H2,1-2H3,(H,28,29,30);1-2H3. The molecule has 0 aliphatic heterocycles. The number of hydrogen-bond donors (Lipinski definition) is 2. The van der Waals surface area contributed by atoms with Gasteiger partial charge in [-0.25, -0.2) is 23.0 Å². The minimum atomic E-state index is -2.60. The quantitative estimate of drug-likeness (QED) is 0.277. The largest absolute Gasteiger partial charge is 0.484 e. The SMILES string of the molecule is CC.CCc1nc(NS(=O)c2c[nH]c3c(-c4cnccn4)c(Br)ccc23)nc(C)c1OCC(F)F. The van der Waals surface area contributed by atoms with E-state index in [1.165, 1.54) is 0 Å². The molecule has 3 heterocycles. The van der Waals surface area contributed by atoms with Crippen LogP contribution >= 0.6 is 15.9 Å². The van der Waals surface area contributed by atoms with Crippen molar-refractivity contribution in [3.05, 3.63) is 52.8 Å². The maximum Gasteiger partial charge on any atom is 0.272 e. The van der Waals surface area contributed by atoms with Gasteiger partial charge in [0, 0.05) is 34.0 Å². The number of halogens is 3. The van der Waals surface area contributed by atoms with E-state index in [2.05, 4.69) is 45.6 Å². The highest BCUT2D eigenvalue weighted by molar-refractivity contribution is 9.10. The summed E-state index contributed by atoms with van der Waals surface area (Å²) in [6.07, 6.45) is 4.32. The fourth-order valence-electron chi connectivity index (χ4n) is 3.36. The van der Waals surface area contributed by atoms with Gasteiger partial charge in [-0.2, -0.15) is 0 Å². The van der Waals surface area contributed by atoms with E-state index in [0.717, 1.165) is 20.9 Å². The number of fused-ring (bicyclic) bond motifs is 1. The number of nitrogens with one attached hydrogen (secondary N) is 2. The summed E-state index contributed by atoms with van der Waals surface area (Å²) < 4.78 is 47.1. The lowest BCUT2D eigenvalue weighted by molar-refractivity contribution is 0.0806. The summed E-state index contributed by atoms with van der Waals surface area (Å²) in [5.74, 6) is 0.340. The molecule has 0 spiro atoms. The highest BCUT2D eigenvalue weighted by atomic mass is 79.9. The molecular formula is C23H25BrF2N6O2S. The maximum atomic E-state index is 13.2. The molecule has 0 saturated carbocycles. The Kier molecular flexibility index (Phi) is 9.21. The predicted molar refractivity (Wildman–Crippen MR) is 136 cm³/mol. The Bertz CT molecular complexity index is 1320. The average Bonchev–Trinajstić information content (AvgIpc) is 3.28. The summed E-state index contributed by atoms with van der Waals surface area (Å²) in [5.41, 5.74) is 3.04. The van der Waals surface area contributed by atoms with Gasteiger partial charge in [0.15, 0.2) is 16.7 Å². The number of nitrogens with zero attached hydrogens (tertiary/aromatic N) is 4. The molecular weight excluding hydrogens is 542 g/mol. The Labute approximate surface area is 212 Å². The fraction of sp³-hybridized carbons (Fsp3) is 0.304. The van der Waals surface area contributed by atoms with Gasteiger partial charge < -0.3 is 9.72 Å². The minimum absolute atomic E-state index is 0.118. The number of alkyl halides is 2. The zero-order chi connectivity index (χ0) is 25.5. The van der Waals surface area contributed by atoms with Crippen LogP contribution in [-0.2, 0) is 17.4 Å². The molecule has 0 radical (unpaired) electrons. The molecule has 8 nitrogen and oxygen atoms in total. The Hall–Kier alpha value is -2.99. The molecule has 1 aromatic carbocycles. The van der Waals surface area contributed by atoms with Crippen LogP contribution in [0.3, 0.4) is 0 Å². The summed E-state index contributed by atoms with van der Waals surface area (Å²) in [7, 11) is -1.70. The van der Waals surface area contributed by atoms with E-state index < -0.39 is 24.0 Å². The molecule has 0 aliphatic rings. The molecule has 1 unspecified atom stereocenters. The van der Waals surface area contributed by atoms with Crippen LogP contribution in [0.15, 0.2) is 46.3 Å². The minimum Gasteiger partial charge on any atom is -0.484 e. The van der Waals surface area contributed by atoms with Gasteiger partial charge in [0.1, 0.15) is 6.61 Å². The first-order chi connectivity index (χ1) is 16.9. The molecule has 4 rings (SSSR count). The van der Waals surface area contributed by atoms with Crippen LogP contribution in [0.2, 0.25) is 0 Å². The lowest BCUT2D eigenvalue weighted by atomic mass is 10.1. The van der Waals surface area contributed by atoms with Crippen molar-refractivity contribution >= 4 is 43.8 Å². The first-order valence-electron chi connectivity index (χ1n) is 10.9. The summed E-state index contributed by atoms with van der Waals surface area (Å²) in [6, 6.07) is 3.70. The van der Waals surface area contributed by atoms with Gasteiger partial charge in [0.05, 0.1) is 33.7 Å². The summed E-state index contributed by atoms with van der Waals surface area (Å²) in [6.45, 7) is 6.71. The number of hydrogen-bond acceptors (Lipinski definition) is 6. The van der Waals surface area contributed by atoms with Crippen LogP contribution in [0.1, 0.15) is 32.2 Å². The van der Waals surface area contributed by atoms with Crippen molar-refractivity contribution in [2.75, 3.05) is 11.3 Å². The number of aromatic nitrogens is 5. The van der Waals surface area contributed by atoms with Crippen molar-refractivity contribution in [2.24, 2.45) is 0 Å². The zero-order valence-electron chi connectivity index (χ0n) is 19.6. The molecule has 1 atom stereocenters. The van der Waals surface area contributed by atoms with Crippen molar-refractivity contribution < 1.29 is 17.7 Å². The molecule has 2 N–H and O–H groups in total. The van der Waals surface area contributed by atoms with Gasteiger partial charge in [-0.3, -0.25) is 14.7 Å². The van der Waals surface area contributed by atoms with Crippen LogP contribution in [0, 0.1) is 6.92 Å².